The van der Waals surface area contributed by atoms with E-state index in [1.807, 2.05) is 59.3 Å². The molecule has 27 heavy (non-hydrogen) atoms. The Morgan fingerprint density at radius 2 is 1.81 bits per heavy atom. The summed E-state index contributed by atoms with van der Waals surface area (Å²) in [5, 5.41) is 8.39. The van der Waals surface area contributed by atoms with Crippen LogP contribution in [-0.4, -0.2) is 20.5 Å². The summed E-state index contributed by atoms with van der Waals surface area (Å²) in [6.45, 7) is 0. The number of carbonyl (C=O) groups is 1. The summed E-state index contributed by atoms with van der Waals surface area (Å²) in [5.74, 6) is 0.607. The van der Waals surface area contributed by atoms with Crippen molar-refractivity contribution in [3.8, 4) is 0 Å². The van der Waals surface area contributed by atoms with Gasteiger partial charge in [-0.15, -0.1) is 0 Å². The highest BCUT2D eigenvalue weighted by atomic mass is 35.5. The number of hydrogen-bond acceptors (Lipinski definition) is 4. The molecule has 6 heteroatoms. The van der Waals surface area contributed by atoms with E-state index in [1.54, 1.807) is 0 Å². The average molecular weight is 377 g/mol. The minimum atomic E-state index is -0.287. The first-order valence-electron chi connectivity index (χ1n) is 8.92. The van der Waals surface area contributed by atoms with E-state index in [2.05, 4.69) is 21.5 Å². The lowest BCUT2D eigenvalue weighted by Crippen LogP contribution is -2.40. The Kier molecular flexibility index (Phi) is 3.83. The maximum absolute atomic E-state index is 13.2. The lowest BCUT2D eigenvalue weighted by Gasteiger charge is -2.38. The number of Topliss-reactive ketones (excluding diaryl/α,β-unsaturated/α-hetero) is 1. The molecule has 5 rings (SSSR count). The number of allylic oxidation sites excluding steroid dienone is 2. The van der Waals surface area contributed by atoms with Gasteiger partial charge in [-0.25, -0.2) is 4.68 Å². The lowest BCUT2D eigenvalue weighted by molar-refractivity contribution is -0.123. The fourth-order valence-electron chi connectivity index (χ4n) is 4.08. The molecule has 1 aromatic heterocycles. The number of aromatic nitrogens is 3. The Morgan fingerprint density at radius 1 is 1.04 bits per heavy atom. The predicted octanol–water partition coefficient (Wildman–Crippen LogP) is 4.20. The molecule has 2 aromatic carbocycles. The number of ketones is 1. The molecule has 0 unspecified atom stereocenters. The van der Waals surface area contributed by atoms with Crippen molar-refractivity contribution < 1.29 is 4.79 Å². The molecule has 2 aliphatic rings. The SMILES string of the molecule is O=C1C[C@H](c2ccc(Cl)cc2)C=C2Nc3ncnn3[C@@H](c3ccccc3)[C@H]12. The summed E-state index contributed by atoms with van der Waals surface area (Å²) in [6, 6.07) is 17.5. The number of rotatable bonds is 2. The molecule has 1 aliphatic heterocycles. The first-order chi connectivity index (χ1) is 13.2. The first kappa shape index (κ1) is 16.3. The Balaban J connectivity index is 1.60. The van der Waals surface area contributed by atoms with Gasteiger partial charge in [-0.1, -0.05) is 60.1 Å². The van der Waals surface area contributed by atoms with Gasteiger partial charge in [0.05, 0.1) is 12.0 Å². The molecule has 134 valence electrons. The standard InChI is InChI=1S/C21H17ClN4O/c22-16-8-6-13(7-9-16)15-10-17-19(18(27)11-15)20(14-4-2-1-3-5-14)26-21(25-17)23-12-24-26/h1-10,12,15,19-20H,11H2,(H,23,24,25)/t15-,19+,20+/m1/s1. The van der Waals surface area contributed by atoms with Crippen molar-refractivity contribution in [2.75, 3.05) is 5.32 Å². The number of hydrogen-bond donors (Lipinski definition) is 1. The number of halogens is 1. The molecule has 5 nitrogen and oxygen atoms in total. The number of carbonyl (C=O) groups excluding carboxylic acids is 1. The molecule has 3 aromatic rings. The van der Waals surface area contributed by atoms with E-state index in [0.29, 0.717) is 17.4 Å². The molecule has 1 aliphatic carbocycles. The monoisotopic (exact) mass is 376 g/mol. The van der Waals surface area contributed by atoms with Crippen molar-refractivity contribution in [1.29, 1.82) is 0 Å². The molecule has 2 heterocycles. The van der Waals surface area contributed by atoms with Crippen molar-refractivity contribution in [3.05, 3.63) is 88.8 Å². The van der Waals surface area contributed by atoms with Crippen molar-refractivity contribution in [2.24, 2.45) is 5.92 Å². The maximum Gasteiger partial charge on any atom is 0.226 e. The van der Waals surface area contributed by atoms with Crippen molar-refractivity contribution in [3.63, 3.8) is 0 Å². The minimum absolute atomic E-state index is 0.0272. The summed E-state index contributed by atoms with van der Waals surface area (Å²) in [6.07, 6.45) is 4.14. The van der Waals surface area contributed by atoms with E-state index in [4.69, 9.17) is 11.6 Å². The normalized spacial score (nSPS) is 23.8. The molecule has 1 N–H and O–H groups in total. The quantitative estimate of drug-likeness (QED) is 0.728. The second kappa shape index (κ2) is 6.35. The van der Waals surface area contributed by atoms with E-state index in [0.717, 1.165) is 16.8 Å². The number of nitrogens with zero attached hydrogens (tertiary/aromatic N) is 3. The van der Waals surface area contributed by atoms with Gasteiger partial charge >= 0.3 is 0 Å². The molecule has 0 radical (unpaired) electrons. The summed E-state index contributed by atoms with van der Waals surface area (Å²) < 4.78 is 1.82. The van der Waals surface area contributed by atoms with Gasteiger partial charge in [-0.05, 0) is 23.3 Å². The van der Waals surface area contributed by atoms with Gasteiger partial charge in [-0.2, -0.15) is 10.1 Å². The Bertz CT molecular complexity index is 1030. The number of anilines is 1. The van der Waals surface area contributed by atoms with Gasteiger partial charge in [0.15, 0.2) is 0 Å². The van der Waals surface area contributed by atoms with Crippen LogP contribution in [0.4, 0.5) is 5.95 Å². The van der Waals surface area contributed by atoms with Gasteiger partial charge in [0.1, 0.15) is 12.1 Å². The van der Waals surface area contributed by atoms with E-state index >= 15 is 0 Å². The van der Waals surface area contributed by atoms with Crippen molar-refractivity contribution in [1.82, 2.24) is 14.8 Å². The molecule has 0 bridgehead atoms. The third-order valence-electron chi connectivity index (χ3n) is 5.33. The zero-order valence-electron chi connectivity index (χ0n) is 14.4. The van der Waals surface area contributed by atoms with Crippen molar-refractivity contribution in [2.45, 2.75) is 18.4 Å². The van der Waals surface area contributed by atoms with Crippen LogP contribution < -0.4 is 5.32 Å². The van der Waals surface area contributed by atoms with Crippen LogP contribution in [-0.2, 0) is 4.79 Å². The van der Waals surface area contributed by atoms with Crippen molar-refractivity contribution >= 4 is 23.3 Å². The third-order valence-corrected chi connectivity index (χ3v) is 5.58. The topological polar surface area (TPSA) is 59.8 Å². The molecule has 0 amide bonds. The van der Waals surface area contributed by atoms with Crippen LogP contribution in [0.3, 0.4) is 0 Å². The Hall–Kier alpha value is -2.92. The number of nitrogens with one attached hydrogen (secondary N) is 1. The molecule has 0 spiro atoms. The van der Waals surface area contributed by atoms with E-state index in [9.17, 15) is 4.79 Å². The second-order valence-electron chi connectivity index (χ2n) is 6.94. The van der Waals surface area contributed by atoms with Gasteiger partial charge in [-0.3, -0.25) is 4.79 Å². The third kappa shape index (κ3) is 2.75. The van der Waals surface area contributed by atoms with Crippen LogP contribution in [0.25, 0.3) is 0 Å². The number of fused-ring (bicyclic) bond motifs is 2. The van der Waals surface area contributed by atoms with E-state index in [-0.39, 0.29) is 23.7 Å². The zero-order valence-corrected chi connectivity index (χ0v) is 15.2. The Morgan fingerprint density at radius 3 is 2.59 bits per heavy atom. The predicted molar refractivity (Wildman–Crippen MR) is 104 cm³/mol. The molecule has 0 fully saturated rings. The van der Waals surface area contributed by atoms with Crippen LogP contribution in [0.1, 0.15) is 29.5 Å². The summed E-state index contributed by atoms with van der Waals surface area (Å²) in [7, 11) is 0. The Labute approximate surface area is 161 Å². The molecule has 0 saturated heterocycles. The van der Waals surface area contributed by atoms with Crippen LogP contribution in [0.15, 0.2) is 72.7 Å². The largest absolute Gasteiger partial charge is 0.328 e. The smallest absolute Gasteiger partial charge is 0.226 e. The van der Waals surface area contributed by atoms with Gasteiger partial charge in [0.2, 0.25) is 5.95 Å². The summed E-state index contributed by atoms with van der Waals surface area (Å²) in [5.41, 5.74) is 3.05. The average Bonchev–Trinajstić information content (AvgIpc) is 3.15. The summed E-state index contributed by atoms with van der Waals surface area (Å²) in [4.78, 5) is 17.6. The van der Waals surface area contributed by atoms with Crippen LogP contribution in [0, 0.1) is 5.92 Å². The highest BCUT2D eigenvalue weighted by molar-refractivity contribution is 6.30. The van der Waals surface area contributed by atoms with Gasteiger partial charge in [0, 0.05) is 23.1 Å². The molecule has 0 saturated carbocycles. The van der Waals surface area contributed by atoms with Crippen LogP contribution in [0.5, 0.6) is 0 Å². The second-order valence-corrected chi connectivity index (χ2v) is 7.37. The van der Waals surface area contributed by atoms with Gasteiger partial charge < -0.3 is 5.32 Å². The van der Waals surface area contributed by atoms with Crippen LogP contribution >= 0.6 is 11.6 Å². The first-order valence-corrected chi connectivity index (χ1v) is 9.30. The number of benzene rings is 2. The maximum atomic E-state index is 13.2. The molecular formula is C21H17ClN4O. The lowest BCUT2D eigenvalue weighted by atomic mass is 9.76. The highest BCUT2D eigenvalue weighted by Gasteiger charge is 2.43. The zero-order chi connectivity index (χ0) is 18.4. The molecular weight excluding hydrogens is 360 g/mol. The highest BCUT2D eigenvalue weighted by Crippen LogP contribution is 2.43. The minimum Gasteiger partial charge on any atom is -0.328 e. The fraction of sp³-hybridized carbons (Fsp3) is 0.190. The van der Waals surface area contributed by atoms with E-state index < -0.39 is 0 Å². The van der Waals surface area contributed by atoms with Gasteiger partial charge in [0.25, 0.3) is 0 Å². The fourth-order valence-corrected chi connectivity index (χ4v) is 4.21. The van der Waals surface area contributed by atoms with Crippen LogP contribution in [0.2, 0.25) is 5.02 Å². The summed E-state index contributed by atoms with van der Waals surface area (Å²) >= 11 is 6.01. The molecule has 3 atom stereocenters. The van der Waals surface area contributed by atoms with E-state index in [1.165, 1.54) is 6.33 Å².